The summed E-state index contributed by atoms with van der Waals surface area (Å²) in [6.45, 7) is 0. The molecule has 0 N–H and O–H groups in total. The third-order valence-corrected chi connectivity index (χ3v) is 5.12. The van der Waals surface area contributed by atoms with Crippen molar-refractivity contribution < 1.29 is 17.5 Å². The lowest BCUT2D eigenvalue weighted by Crippen LogP contribution is -1.97. The van der Waals surface area contributed by atoms with Gasteiger partial charge in [-0.15, -0.1) is 0 Å². The van der Waals surface area contributed by atoms with Crippen molar-refractivity contribution >= 4 is 21.0 Å². The smallest absolute Gasteiger partial charge is 0.175 e. The third-order valence-electron chi connectivity index (χ3n) is 3.99. The van der Waals surface area contributed by atoms with E-state index in [0.717, 1.165) is 28.7 Å². The minimum atomic E-state index is -3.22. The van der Waals surface area contributed by atoms with E-state index >= 15 is 0 Å². The number of allylic oxidation sites excluding steroid dienone is 4. The van der Waals surface area contributed by atoms with Crippen molar-refractivity contribution in [1.82, 2.24) is 0 Å². The number of hydrogen-bond acceptors (Lipinski definition) is 3. The lowest BCUT2D eigenvalue weighted by atomic mass is 9.95. The van der Waals surface area contributed by atoms with E-state index in [1.54, 1.807) is 30.3 Å². The molecule has 0 amide bonds. The summed E-state index contributed by atoms with van der Waals surface area (Å²) in [5, 5.41) is 0. The molecule has 0 atom stereocenters. The van der Waals surface area contributed by atoms with Gasteiger partial charge in [0.05, 0.1) is 12.0 Å². The molecule has 2 aromatic carbocycles. The summed E-state index contributed by atoms with van der Waals surface area (Å²) in [5.41, 5.74) is 3.58. The monoisotopic (exact) mass is 344 g/mol. The second-order valence-electron chi connectivity index (χ2n) is 5.62. The Morgan fingerprint density at radius 2 is 1.54 bits per heavy atom. The second kappa shape index (κ2) is 6.24. The number of ether oxygens (including phenoxy) is 1. The van der Waals surface area contributed by atoms with Gasteiger partial charge in [0.1, 0.15) is 0 Å². The standard InChI is InChI=1S/C19H17FO3S/c1-23-19-11-8-14(12-18(19)20)17-5-3-4-16(17)13-6-9-15(10-7-13)24(2,21)22/h4-12H,3H2,1-2H3. The molecule has 0 bridgehead atoms. The molecule has 0 fully saturated rings. The molecule has 1 aliphatic carbocycles. The van der Waals surface area contributed by atoms with E-state index < -0.39 is 15.7 Å². The van der Waals surface area contributed by atoms with Crippen LogP contribution in [-0.2, 0) is 9.84 Å². The maximum absolute atomic E-state index is 14.0. The van der Waals surface area contributed by atoms with Crippen LogP contribution in [0, 0.1) is 5.82 Å². The van der Waals surface area contributed by atoms with Gasteiger partial charge in [-0.1, -0.05) is 30.4 Å². The van der Waals surface area contributed by atoms with Gasteiger partial charge in [-0.25, -0.2) is 12.8 Å². The largest absolute Gasteiger partial charge is 0.494 e. The van der Waals surface area contributed by atoms with E-state index in [1.807, 2.05) is 18.2 Å². The van der Waals surface area contributed by atoms with Crippen LogP contribution >= 0.6 is 0 Å². The van der Waals surface area contributed by atoms with Crippen LogP contribution in [0.3, 0.4) is 0 Å². The SMILES string of the molecule is COc1ccc(C2=CCC=C2c2ccc(S(C)(=O)=O)cc2)cc1F. The summed E-state index contributed by atoms with van der Waals surface area (Å²) < 4.78 is 42.1. The number of benzene rings is 2. The van der Waals surface area contributed by atoms with E-state index in [-0.39, 0.29) is 10.6 Å². The Morgan fingerprint density at radius 1 is 0.958 bits per heavy atom. The summed E-state index contributed by atoms with van der Waals surface area (Å²) in [4.78, 5) is 0.283. The van der Waals surface area contributed by atoms with Crippen LogP contribution in [0.15, 0.2) is 59.5 Å². The molecule has 24 heavy (non-hydrogen) atoms. The van der Waals surface area contributed by atoms with Gasteiger partial charge in [0.25, 0.3) is 0 Å². The number of hydrogen-bond donors (Lipinski definition) is 0. The fourth-order valence-electron chi connectivity index (χ4n) is 2.78. The molecule has 0 aliphatic heterocycles. The Bertz CT molecular complexity index is 939. The highest BCUT2D eigenvalue weighted by Crippen LogP contribution is 2.37. The van der Waals surface area contributed by atoms with Crippen molar-refractivity contribution in [3.63, 3.8) is 0 Å². The Balaban J connectivity index is 1.95. The fourth-order valence-corrected chi connectivity index (χ4v) is 3.41. The maximum Gasteiger partial charge on any atom is 0.175 e. The highest BCUT2D eigenvalue weighted by atomic mass is 32.2. The quantitative estimate of drug-likeness (QED) is 0.838. The molecule has 1 aliphatic rings. The van der Waals surface area contributed by atoms with Crippen LogP contribution in [0.5, 0.6) is 5.75 Å². The van der Waals surface area contributed by atoms with Gasteiger partial charge in [-0.3, -0.25) is 0 Å². The Kier molecular flexibility index (Phi) is 4.28. The minimum Gasteiger partial charge on any atom is -0.494 e. The van der Waals surface area contributed by atoms with Crippen molar-refractivity contribution in [2.75, 3.05) is 13.4 Å². The maximum atomic E-state index is 14.0. The van der Waals surface area contributed by atoms with Crippen LogP contribution in [0.4, 0.5) is 4.39 Å². The molecule has 0 unspecified atom stereocenters. The molecule has 0 aromatic heterocycles. The van der Waals surface area contributed by atoms with Crippen LogP contribution in [0.2, 0.25) is 0 Å². The fraction of sp³-hybridized carbons (Fsp3) is 0.158. The van der Waals surface area contributed by atoms with Gasteiger partial charge in [0, 0.05) is 6.26 Å². The Labute approximate surface area is 141 Å². The summed E-state index contributed by atoms with van der Waals surface area (Å²) in [6, 6.07) is 11.6. The van der Waals surface area contributed by atoms with E-state index in [0.29, 0.717) is 0 Å². The van der Waals surface area contributed by atoms with E-state index in [4.69, 9.17) is 4.74 Å². The molecule has 0 saturated heterocycles. The lowest BCUT2D eigenvalue weighted by Gasteiger charge is -2.11. The normalized spacial score (nSPS) is 14.3. The predicted octanol–water partition coefficient (Wildman–Crippen LogP) is 4.11. The summed E-state index contributed by atoms with van der Waals surface area (Å²) in [5.74, 6) is -0.199. The first-order valence-corrected chi connectivity index (χ1v) is 9.34. The van der Waals surface area contributed by atoms with Crippen molar-refractivity contribution in [2.45, 2.75) is 11.3 Å². The van der Waals surface area contributed by atoms with Gasteiger partial charge < -0.3 is 4.74 Å². The van der Waals surface area contributed by atoms with Crippen LogP contribution in [-0.4, -0.2) is 21.8 Å². The highest BCUT2D eigenvalue weighted by molar-refractivity contribution is 7.90. The molecule has 0 radical (unpaired) electrons. The number of sulfone groups is 1. The molecule has 5 heteroatoms. The van der Waals surface area contributed by atoms with E-state index in [1.165, 1.54) is 19.4 Å². The first-order valence-electron chi connectivity index (χ1n) is 7.45. The Hall–Kier alpha value is -2.40. The topological polar surface area (TPSA) is 43.4 Å². The first-order chi connectivity index (χ1) is 11.4. The van der Waals surface area contributed by atoms with Crippen LogP contribution in [0.1, 0.15) is 17.5 Å². The zero-order valence-corrected chi connectivity index (χ0v) is 14.2. The number of halogens is 1. The van der Waals surface area contributed by atoms with Gasteiger partial charge in [-0.2, -0.15) is 0 Å². The average Bonchev–Trinajstić information content (AvgIpc) is 3.03. The van der Waals surface area contributed by atoms with E-state index in [2.05, 4.69) is 0 Å². The second-order valence-corrected chi connectivity index (χ2v) is 7.63. The molecule has 3 nitrogen and oxygen atoms in total. The van der Waals surface area contributed by atoms with Crippen molar-refractivity contribution in [3.05, 3.63) is 71.6 Å². The summed E-state index contributed by atoms with van der Waals surface area (Å²) in [7, 11) is -1.79. The van der Waals surface area contributed by atoms with Crippen LogP contribution in [0.25, 0.3) is 11.1 Å². The molecule has 0 heterocycles. The molecule has 0 spiro atoms. The molecular formula is C19H17FO3S. The third kappa shape index (κ3) is 3.12. The number of rotatable bonds is 4. The minimum absolute atomic E-state index is 0.209. The molecular weight excluding hydrogens is 327 g/mol. The lowest BCUT2D eigenvalue weighted by molar-refractivity contribution is 0.386. The van der Waals surface area contributed by atoms with Gasteiger partial charge in [-0.05, 0) is 53.0 Å². The molecule has 2 aromatic rings. The molecule has 3 rings (SSSR count). The Morgan fingerprint density at radius 3 is 2.08 bits per heavy atom. The van der Waals surface area contributed by atoms with Gasteiger partial charge >= 0.3 is 0 Å². The molecule has 124 valence electrons. The molecule has 0 saturated carbocycles. The summed E-state index contributed by atoms with van der Waals surface area (Å²) >= 11 is 0. The highest BCUT2D eigenvalue weighted by Gasteiger charge is 2.16. The zero-order chi connectivity index (χ0) is 17.3. The number of methoxy groups -OCH3 is 1. The summed E-state index contributed by atoms with van der Waals surface area (Å²) in [6.07, 6.45) is 6.02. The first kappa shape index (κ1) is 16.5. The van der Waals surface area contributed by atoms with Crippen LogP contribution < -0.4 is 4.74 Å². The average molecular weight is 344 g/mol. The van der Waals surface area contributed by atoms with Crippen molar-refractivity contribution in [1.29, 1.82) is 0 Å². The van der Waals surface area contributed by atoms with Crippen molar-refractivity contribution in [3.8, 4) is 5.75 Å². The van der Waals surface area contributed by atoms with Gasteiger partial charge in [0.15, 0.2) is 21.4 Å². The van der Waals surface area contributed by atoms with Gasteiger partial charge in [0.2, 0.25) is 0 Å². The van der Waals surface area contributed by atoms with Crippen molar-refractivity contribution in [2.24, 2.45) is 0 Å². The zero-order valence-electron chi connectivity index (χ0n) is 13.4. The van der Waals surface area contributed by atoms with E-state index in [9.17, 15) is 12.8 Å². The predicted molar refractivity (Wildman–Crippen MR) is 93.1 cm³/mol.